The molecule has 0 radical (unpaired) electrons. The van der Waals surface area contributed by atoms with Crippen molar-refractivity contribution in [2.24, 2.45) is 5.73 Å². The number of nitrogens with one attached hydrogen (secondary N) is 2. The van der Waals surface area contributed by atoms with Gasteiger partial charge >= 0.3 is 6.03 Å². The predicted octanol–water partition coefficient (Wildman–Crippen LogP) is 0.292. The summed E-state index contributed by atoms with van der Waals surface area (Å²) < 4.78 is 0. The molecule has 13 heavy (non-hydrogen) atoms. The highest BCUT2D eigenvalue weighted by Gasteiger charge is 1.99. The highest BCUT2D eigenvalue weighted by molar-refractivity contribution is 5.87. The number of carbonyl (C=O) groups excluding carboxylic acids is 1. The molecule has 5 nitrogen and oxygen atoms in total. The summed E-state index contributed by atoms with van der Waals surface area (Å²) in [6, 6.07) is 3.24. The Kier molecular flexibility index (Phi) is 3.22. The number of nitrogens with zero attached hydrogens (tertiary/aromatic N) is 1. The monoisotopic (exact) mass is 180 g/mol. The van der Waals surface area contributed by atoms with Gasteiger partial charge in [-0.1, -0.05) is 0 Å². The Balaban J connectivity index is 2.71. The van der Waals surface area contributed by atoms with Gasteiger partial charge in [0.15, 0.2) is 0 Å². The molecule has 1 aromatic rings. The van der Waals surface area contributed by atoms with Gasteiger partial charge in [-0.2, -0.15) is 0 Å². The maximum absolute atomic E-state index is 10.9. The minimum absolute atomic E-state index is 0.290. The number of urea groups is 1. The molecule has 0 fully saturated rings. The first kappa shape index (κ1) is 9.47. The molecule has 2 amide bonds. The van der Waals surface area contributed by atoms with Gasteiger partial charge in [-0.15, -0.1) is 0 Å². The van der Waals surface area contributed by atoms with E-state index in [2.05, 4.69) is 15.6 Å². The average Bonchev–Trinajstić information content (AvgIpc) is 2.18. The summed E-state index contributed by atoms with van der Waals surface area (Å²) in [5.41, 5.74) is 6.36. The molecule has 0 aromatic carbocycles. The van der Waals surface area contributed by atoms with E-state index in [1.54, 1.807) is 25.4 Å². The molecule has 0 atom stereocenters. The lowest BCUT2D eigenvalue weighted by Gasteiger charge is -2.03. The van der Waals surface area contributed by atoms with E-state index >= 15 is 0 Å². The fraction of sp³-hybridized carbons (Fsp3) is 0.250. The summed E-state index contributed by atoms with van der Waals surface area (Å²) >= 11 is 0. The van der Waals surface area contributed by atoms with Crippen LogP contribution in [-0.2, 0) is 6.54 Å². The van der Waals surface area contributed by atoms with Gasteiger partial charge in [-0.05, 0) is 17.7 Å². The maximum atomic E-state index is 10.9. The third-order valence-electron chi connectivity index (χ3n) is 1.53. The van der Waals surface area contributed by atoms with Crippen LogP contribution in [0.5, 0.6) is 0 Å². The lowest BCUT2D eigenvalue weighted by Crippen LogP contribution is -2.25. The van der Waals surface area contributed by atoms with Crippen molar-refractivity contribution in [2.75, 3.05) is 12.4 Å². The second-order valence-electron chi connectivity index (χ2n) is 2.46. The smallest absolute Gasteiger partial charge is 0.320 e. The van der Waals surface area contributed by atoms with Gasteiger partial charge in [0, 0.05) is 19.8 Å². The van der Waals surface area contributed by atoms with Crippen LogP contribution in [0, 0.1) is 0 Å². The Morgan fingerprint density at radius 3 is 3.08 bits per heavy atom. The molecule has 5 heteroatoms. The van der Waals surface area contributed by atoms with Gasteiger partial charge in [0.2, 0.25) is 0 Å². The first-order valence-corrected chi connectivity index (χ1v) is 3.90. The Morgan fingerprint density at radius 1 is 1.69 bits per heavy atom. The topological polar surface area (TPSA) is 80.0 Å². The molecule has 70 valence electrons. The highest BCUT2D eigenvalue weighted by Crippen LogP contribution is 2.05. The zero-order chi connectivity index (χ0) is 9.68. The van der Waals surface area contributed by atoms with Crippen LogP contribution in [0.2, 0.25) is 0 Å². The van der Waals surface area contributed by atoms with Gasteiger partial charge in [0.05, 0.1) is 0 Å². The third-order valence-corrected chi connectivity index (χ3v) is 1.53. The molecular weight excluding hydrogens is 168 g/mol. The lowest BCUT2D eigenvalue weighted by atomic mass is 10.2. The largest absolute Gasteiger partial charge is 0.341 e. The zero-order valence-electron chi connectivity index (χ0n) is 7.37. The molecule has 0 aliphatic rings. The molecule has 0 unspecified atom stereocenters. The number of rotatable bonds is 2. The van der Waals surface area contributed by atoms with Crippen molar-refractivity contribution >= 4 is 11.8 Å². The lowest BCUT2D eigenvalue weighted by molar-refractivity contribution is 0.254. The maximum Gasteiger partial charge on any atom is 0.320 e. The van der Waals surface area contributed by atoms with Crippen molar-refractivity contribution in [1.29, 1.82) is 0 Å². The number of pyridine rings is 1. The van der Waals surface area contributed by atoms with Crippen molar-refractivity contribution in [2.45, 2.75) is 6.54 Å². The second kappa shape index (κ2) is 4.42. The van der Waals surface area contributed by atoms with E-state index in [4.69, 9.17) is 5.73 Å². The van der Waals surface area contributed by atoms with Gasteiger partial charge < -0.3 is 11.1 Å². The Hall–Kier alpha value is -1.62. The summed E-state index contributed by atoms with van der Waals surface area (Å²) in [7, 11) is 1.54. The number of hydrogen-bond donors (Lipinski definition) is 3. The van der Waals surface area contributed by atoms with Crippen molar-refractivity contribution in [1.82, 2.24) is 10.3 Å². The fourth-order valence-electron chi connectivity index (χ4n) is 0.848. The molecule has 0 saturated carbocycles. The van der Waals surface area contributed by atoms with Crippen LogP contribution in [0.15, 0.2) is 18.3 Å². The first-order valence-electron chi connectivity index (χ1n) is 3.90. The Morgan fingerprint density at radius 2 is 2.46 bits per heavy atom. The molecule has 0 aliphatic carbocycles. The Bertz CT molecular complexity index is 300. The molecular formula is C8H12N4O. The van der Waals surface area contributed by atoms with Crippen molar-refractivity contribution in [3.8, 4) is 0 Å². The van der Waals surface area contributed by atoms with E-state index in [0.29, 0.717) is 12.4 Å². The molecule has 0 saturated heterocycles. The van der Waals surface area contributed by atoms with Crippen molar-refractivity contribution in [3.05, 3.63) is 23.9 Å². The summed E-state index contributed by atoms with van der Waals surface area (Å²) in [4.78, 5) is 14.8. The van der Waals surface area contributed by atoms with Crippen LogP contribution >= 0.6 is 0 Å². The summed E-state index contributed by atoms with van der Waals surface area (Å²) in [5, 5.41) is 4.98. The molecule has 1 rings (SSSR count). The summed E-state index contributed by atoms with van der Waals surface area (Å²) in [5.74, 6) is 0.502. The summed E-state index contributed by atoms with van der Waals surface area (Å²) in [6.07, 6.45) is 1.60. The van der Waals surface area contributed by atoms with Crippen LogP contribution < -0.4 is 16.4 Å². The normalized spacial score (nSPS) is 9.38. The number of nitrogens with two attached hydrogens (primary N) is 1. The van der Waals surface area contributed by atoms with Crippen molar-refractivity contribution < 1.29 is 4.79 Å². The van der Waals surface area contributed by atoms with Crippen LogP contribution in [0.3, 0.4) is 0 Å². The molecule has 1 aromatic heterocycles. The molecule has 0 aliphatic heterocycles. The van der Waals surface area contributed by atoms with Crippen LogP contribution in [-0.4, -0.2) is 18.1 Å². The fourth-order valence-corrected chi connectivity index (χ4v) is 0.848. The van der Waals surface area contributed by atoms with E-state index in [1.165, 1.54) is 0 Å². The third kappa shape index (κ3) is 2.72. The minimum Gasteiger partial charge on any atom is -0.341 e. The van der Waals surface area contributed by atoms with Gasteiger partial charge in [-0.3, -0.25) is 5.32 Å². The number of aromatic nitrogens is 1. The van der Waals surface area contributed by atoms with Crippen LogP contribution in [0.4, 0.5) is 10.6 Å². The quantitative estimate of drug-likeness (QED) is 0.612. The summed E-state index contributed by atoms with van der Waals surface area (Å²) in [6.45, 7) is 0.435. The zero-order valence-corrected chi connectivity index (χ0v) is 7.37. The molecule has 0 bridgehead atoms. The number of amides is 2. The van der Waals surface area contributed by atoms with E-state index in [1.807, 2.05) is 0 Å². The highest BCUT2D eigenvalue weighted by atomic mass is 16.2. The van der Waals surface area contributed by atoms with Crippen LogP contribution in [0.1, 0.15) is 5.56 Å². The second-order valence-corrected chi connectivity index (χ2v) is 2.46. The van der Waals surface area contributed by atoms with Crippen molar-refractivity contribution in [3.63, 3.8) is 0 Å². The predicted molar refractivity (Wildman–Crippen MR) is 50.2 cm³/mol. The Labute approximate surface area is 76.3 Å². The molecule has 0 spiro atoms. The van der Waals surface area contributed by atoms with E-state index in [-0.39, 0.29) is 6.03 Å². The van der Waals surface area contributed by atoms with E-state index in [9.17, 15) is 4.79 Å². The number of hydrogen-bond acceptors (Lipinski definition) is 3. The molecule has 1 heterocycles. The molecule has 4 N–H and O–H groups in total. The van der Waals surface area contributed by atoms with E-state index < -0.39 is 0 Å². The standard InChI is InChI=1S/C8H12N4O/c1-10-8(13)12-7-4-6(5-9)2-3-11-7/h2-4H,5,9H2,1H3,(H2,10,11,12,13). The average molecular weight is 180 g/mol. The van der Waals surface area contributed by atoms with Gasteiger partial charge in [0.25, 0.3) is 0 Å². The van der Waals surface area contributed by atoms with Gasteiger partial charge in [0.1, 0.15) is 5.82 Å². The minimum atomic E-state index is -0.290. The van der Waals surface area contributed by atoms with Gasteiger partial charge in [-0.25, -0.2) is 9.78 Å². The first-order chi connectivity index (χ1) is 6.26. The van der Waals surface area contributed by atoms with Crippen LogP contribution in [0.25, 0.3) is 0 Å². The SMILES string of the molecule is CNC(=O)Nc1cc(CN)ccn1. The van der Waals surface area contributed by atoms with E-state index in [0.717, 1.165) is 5.56 Å². The number of anilines is 1. The number of carbonyl (C=O) groups is 1.